The van der Waals surface area contributed by atoms with Gasteiger partial charge >= 0.3 is 0 Å². The van der Waals surface area contributed by atoms with E-state index in [1.807, 2.05) is 0 Å². The van der Waals surface area contributed by atoms with E-state index in [1.165, 1.54) is 12.1 Å². The summed E-state index contributed by atoms with van der Waals surface area (Å²) in [7, 11) is 3.96. The molecule has 0 fully saturated rings. The number of halogens is 1. The zero-order valence-corrected chi connectivity index (χ0v) is 6.75. The minimum Gasteiger partial charge on any atom is -0.496 e. The van der Waals surface area contributed by atoms with Crippen LogP contribution >= 0.6 is 9.24 Å². The first kappa shape index (κ1) is 7.49. The minimum absolute atomic E-state index is 0.245. The van der Waals surface area contributed by atoms with E-state index in [0.717, 1.165) is 5.30 Å². The number of methoxy groups -OCH3 is 1. The first-order valence-electron chi connectivity index (χ1n) is 2.83. The zero-order valence-electron chi connectivity index (χ0n) is 5.60. The highest BCUT2D eigenvalue weighted by Gasteiger charge is 1.97. The van der Waals surface area contributed by atoms with Gasteiger partial charge in [-0.1, -0.05) is 0 Å². The molecule has 3 heteroatoms. The van der Waals surface area contributed by atoms with Gasteiger partial charge in [-0.25, -0.2) is 4.39 Å². The molecule has 1 rings (SSSR count). The van der Waals surface area contributed by atoms with Crippen LogP contribution in [0.3, 0.4) is 0 Å². The van der Waals surface area contributed by atoms with Gasteiger partial charge in [0.25, 0.3) is 0 Å². The fourth-order valence-corrected chi connectivity index (χ4v) is 1.08. The summed E-state index contributed by atoms with van der Waals surface area (Å²) in [5.41, 5.74) is 0. The van der Waals surface area contributed by atoms with E-state index in [1.54, 1.807) is 13.2 Å². The average Bonchev–Trinajstić information content (AvgIpc) is 1.88. The fourth-order valence-electron chi connectivity index (χ4n) is 0.705. The van der Waals surface area contributed by atoms with Crippen molar-refractivity contribution in [1.82, 2.24) is 0 Å². The van der Waals surface area contributed by atoms with Gasteiger partial charge in [-0.05, 0) is 18.2 Å². The summed E-state index contributed by atoms with van der Waals surface area (Å²) < 4.78 is 17.3. The van der Waals surface area contributed by atoms with Crippen LogP contribution in [0.5, 0.6) is 5.75 Å². The fraction of sp³-hybridized carbons (Fsp3) is 0.143. The van der Waals surface area contributed by atoms with Crippen LogP contribution in [0.4, 0.5) is 4.39 Å². The predicted molar refractivity (Wildman–Crippen MR) is 42.3 cm³/mol. The maximum atomic E-state index is 12.4. The van der Waals surface area contributed by atoms with Crippen molar-refractivity contribution in [3.8, 4) is 5.75 Å². The van der Waals surface area contributed by atoms with Crippen molar-refractivity contribution in [3.63, 3.8) is 0 Å². The summed E-state index contributed by atoms with van der Waals surface area (Å²) in [6.07, 6.45) is 0. The molecular formula is C7H8FOP. The number of hydrogen-bond acceptors (Lipinski definition) is 1. The van der Waals surface area contributed by atoms with Crippen molar-refractivity contribution in [2.45, 2.75) is 0 Å². The summed E-state index contributed by atoms with van der Waals surface area (Å²) >= 11 is 0. The maximum absolute atomic E-state index is 12.4. The lowest BCUT2D eigenvalue weighted by atomic mass is 10.3. The van der Waals surface area contributed by atoms with Gasteiger partial charge in [0.05, 0.1) is 7.11 Å². The van der Waals surface area contributed by atoms with Crippen LogP contribution in [-0.4, -0.2) is 7.11 Å². The summed E-state index contributed by atoms with van der Waals surface area (Å²) in [6.45, 7) is 0. The third-order valence-electron chi connectivity index (χ3n) is 1.19. The Hall–Kier alpha value is -0.620. The molecule has 0 aliphatic carbocycles. The molecule has 1 aromatic rings. The van der Waals surface area contributed by atoms with E-state index in [2.05, 4.69) is 9.24 Å². The molecule has 0 saturated carbocycles. The second-order valence-electron chi connectivity index (χ2n) is 1.89. The Kier molecular flexibility index (Phi) is 2.23. The quantitative estimate of drug-likeness (QED) is 0.560. The molecule has 1 nitrogen and oxygen atoms in total. The van der Waals surface area contributed by atoms with Crippen molar-refractivity contribution >= 4 is 14.5 Å². The van der Waals surface area contributed by atoms with Gasteiger partial charge in [0, 0.05) is 5.30 Å². The lowest BCUT2D eigenvalue weighted by molar-refractivity contribution is 0.417. The molecule has 0 aliphatic heterocycles. The average molecular weight is 158 g/mol. The first-order chi connectivity index (χ1) is 4.74. The molecule has 0 spiro atoms. The van der Waals surface area contributed by atoms with E-state index < -0.39 is 0 Å². The molecule has 10 heavy (non-hydrogen) atoms. The van der Waals surface area contributed by atoms with Crippen LogP contribution in [-0.2, 0) is 0 Å². The van der Waals surface area contributed by atoms with E-state index in [0.29, 0.717) is 5.75 Å². The predicted octanol–water partition coefficient (Wildman–Crippen LogP) is 1.33. The van der Waals surface area contributed by atoms with Crippen LogP contribution in [0.15, 0.2) is 18.2 Å². The highest BCUT2D eigenvalue weighted by molar-refractivity contribution is 7.27. The normalized spacial score (nSPS) is 9.50. The van der Waals surface area contributed by atoms with Gasteiger partial charge in [0.1, 0.15) is 11.6 Å². The van der Waals surface area contributed by atoms with Crippen LogP contribution in [0.1, 0.15) is 0 Å². The lowest BCUT2D eigenvalue weighted by Crippen LogP contribution is -1.98. The molecule has 0 heterocycles. The molecule has 0 bridgehead atoms. The van der Waals surface area contributed by atoms with E-state index in [-0.39, 0.29) is 5.82 Å². The summed E-state index contributed by atoms with van der Waals surface area (Å²) in [6, 6.07) is 4.37. The first-order valence-corrected chi connectivity index (χ1v) is 3.41. The second-order valence-corrected chi connectivity index (χ2v) is 2.51. The number of ether oxygens (including phenoxy) is 1. The van der Waals surface area contributed by atoms with Crippen LogP contribution in [0.2, 0.25) is 0 Å². The molecule has 54 valence electrons. The molecule has 1 aromatic carbocycles. The highest BCUT2D eigenvalue weighted by atomic mass is 31.0. The largest absolute Gasteiger partial charge is 0.496 e. The standard InChI is InChI=1S/C7H8FOP/c1-9-6-3-2-5(8)4-7(6)10/h2-4H,10H2,1H3. The van der Waals surface area contributed by atoms with E-state index >= 15 is 0 Å². The summed E-state index contributed by atoms with van der Waals surface area (Å²) in [5, 5.41) is 0.738. The molecule has 0 aliphatic rings. The van der Waals surface area contributed by atoms with Crippen molar-refractivity contribution in [2.75, 3.05) is 7.11 Å². The molecule has 1 atom stereocenters. The van der Waals surface area contributed by atoms with Crippen LogP contribution in [0, 0.1) is 5.82 Å². The second kappa shape index (κ2) is 2.98. The molecule has 0 amide bonds. The Morgan fingerprint density at radius 1 is 1.50 bits per heavy atom. The number of hydrogen-bond donors (Lipinski definition) is 0. The topological polar surface area (TPSA) is 9.23 Å². The van der Waals surface area contributed by atoms with Crippen molar-refractivity contribution in [3.05, 3.63) is 24.0 Å². The number of rotatable bonds is 1. The van der Waals surface area contributed by atoms with Gasteiger partial charge in [-0.15, -0.1) is 9.24 Å². The molecule has 0 N–H and O–H groups in total. The molecule has 0 radical (unpaired) electrons. The Labute approximate surface area is 61.4 Å². The Morgan fingerprint density at radius 2 is 2.20 bits per heavy atom. The molecule has 1 unspecified atom stereocenters. The van der Waals surface area contributed by atoms with Crippen molar-refractivity contribution < 1.29 is 9.13 Å². The highest BCUT2D eigenvalue weighted by Crippen LogP contribution is 2.10. The summed E-state index contributed by atoms with van der Waals surface area (Å²) in [5.74, 6) is 0.442. The SMILES string of the molecule is COc1ccc(F)cc1P. The zero-order chi connectivity index (χ0) is 7.56. The smallest absolute Gasteiger partial charge is 0.126 e. The third kappa shape index (κ3) is 1.45. The molecule has 0 saturated heterocycles. The Morgan fingerprint density at radius 3 is 2.70 bits per heavy atom. The van der Waals surface area contributed by atoms with Crippen LogP contribution in [0.25, 0.3) is 0 Å². The van der Waals surface area contributed by atoms with Gasteiger partial charge in [0.2, 0.25) is 0 Å². The Bertz CT molecular complexity index is 237. The third-order valence-corrected chi connectivity index (χ3v) is 1.64. The Balaban J connectivity index is 3.07. The molecular weight excluding hydrogens is 150 g/mol. The van der Waals surface area contributed by atoms with Gasteiger partial charge in [-0.2, -0.15) is 0 Å². The molecule has 0 aromatic heterocycles. The van der Waals surface area contributed by atoms with Crippen molar-refractivity contribution in [1.29, 1.82) is 0 Å². The summed E-state index contributed by atoms with van der Waals surface area (Å²) in [4.78, 5) is 0. The maximum Gasteiger partial charge on any atom is 0.126 e. The van der Waals surface area contributed by atoms with Gasteiger partial charge in [0.15, 0.2) is 0 Å². The van der Waals surface area contributed by atoms with Crippen LogP contribution < -0.4 is 10.0 Å². The van der Waals surface area contributed by atoms with E-state index in [4.69, 9.17) is 4.74 Å². The van der Waals surface area contributed by atoms with Gasteiger partial charge < -0.3 is 4.74 Å². The number of benzene rings is 1. The lowest BCUT2D eigenvalue weighted by Gasteiger charge is -2.01. The van der Waals surface area contributed by atoms with Crippen molar-refractivity contribution in [2.24, 2.45) is 0 Å². The van der Waals surface area contributed by atoms with E-state index in [9.17, 15) is 4.39 Å². The van der Waals surface area contributed by atoms with Gasteiger partial charge in [-0.3, -0.25) is 0 Å². The minimum atomic E-state index is -0.245. The monoisotopic (exact) mass is 158 g/mol.